The molecule has 16 heavy (non-hydrogen) atoms. The summed E-state index contributed by atoms with van der Waals surface area (Å²) in [5, 5.41) is 8.21. The molecule has 0 spiro atoms. The van der Waals surface area contributed by atoms with E-state index in [1.54, 1.807) is 29.3 Å². The topological polar surface area (TPSA) is 82.0 Å². The molecule has 0 aromatic carbocycles. The van der Waals surface area contributed by atoms with Gasteiger partial charge in [0.15, 0.2) is 0 Å². The maximum atomic E-state index is 5.54. The summed E-state index contributed by atoms with van der Waals surface area (Å²) in [5.74, 6) is 0.251. The van der Waals surface area contributed by atoms with Crippen LogP contribution in [-0.4, -0.2) is 24.8 Å². The van der Waals surface area contributed by atoms with Gasteiger partial charge in [0.25, 0.3) is 0 Å². The van der Waals surface area contributed by atoms with Crippen molar-refractivity contribution < 1.29 is 0 Å². The number of hydrogen-bond acceptors (Lipinski definition) is 5. The zero-order chi connectivity index (χ0) is 11.0. The van der Waals surface area contributed by atoms with Crippen molar-refractivity contribution in [2.45, 2.75) is 0 Å². The van der Waals surface area contributed by atoms with Gasteiger partial charge >= 0.3 is 0 Å². The molecule has 3 aromatic heterocycles. The normalized spacial score (nSPS) is 10.8. The molecule has 0 fully saturated rings. The molecule has 78 valence electrons. The quantitative estimate of drug-likeness (QED) is 0.644. The second kappa shape index (κ2) is 3.27. The SMILES string of the molecule is Nc1nccc(-c2cnn3ncccc23)n1. The van der Waals surface area contributed by atoms with Crippen LogP contribution in [0, 0.1) is 0 Å². The maximum Gasteiger partial charge on any atom is 0.220 e. The Balaban J connectivity index is 2.26. The fourth-order valence-electron chi connectivity index (χ4n) is 1.55. The summed E-state index contributed by atoms with van der Waals surface area (Å²) in [6.07, 6.45) is 5.01. The van der Waals surface area contributed by atoms with Gasteiger partial charge in [0.05, 0.1) is 17.4 Å². The molecule has 3 aromatic rings. The predicted octanol–water partition coefficient (Wildman–Crippen LogP) is 0.768. The van der Waals surface area contributed by atoms with E-state index < -0.39 is 0 Å². The lowest BCUT2D eigenvalue weighted by molar-refractivity contribution is 0.800. The van der Waals surface area contributed by atoms with Crippen molar-refractivity contribution in [3.63, 3.8) is 0 Å². The highest BCUT2D eigenvalue weighted by atomic mass is 15.4. The van der Waals surface area contributed by atoms with Crippen LogP contribution >= 0.6 is 0 Å². The summed E-state index contributed by atoms with van der Waals surface area (Å²) in [4.78, 5) is 8.00. The Hall–Kier alpha value is -2.50. The van der Waals surface area contributed by atoms with Crippen LogP contribution in [-0.2, 0) is 0 Å². The van der Waals surface area contributed by atoms with Crippen molar-refractivity contribution >= 4 is 11.5 Å². The van der Waals surface area contributed by atoms with E-state index in [-0.39, 0.29) is 5.95 Å². The van der Waals surface area contributed by atoms with E-state index in [0.717, 1.165) is 16.8 Å². The molecule has 0 aliphatic carbocycles. The number of nitrogen functional groups attached to an aromatic ring is 1. The van der Waals surface area contributed by atoms with Gasteiger partial charge in [-0.3, -0.25) is 0 Å². The number of fused-ring (bicyclic) bond motifs is 1. The molecule has 3 heterocycles. The van der Waals surface area contributed by atoms with Crippen LogP contribution in [0.25, 0.3) is 16.8 Å². The largest absolute Gasteiger partial charge is 0.368 e. The number of aromatic nitrogens is 5. The predicted molar refractivity (Wildman–Crippen MR) is 58.4 cm³/mol. The van der Waals surface area contributed by atoms with Crippen molar-refractivity contribution in [1.29, 1.82) is 0 Å². The summed E-state index contributed by atoms with van der Waals surface area (Å²) in [7, 11) is 0. The van der Waals surface area contributed by atoms with E-state index in [9.17, 15) is 0 Å². The molecule has 0 unspecified atom stereocenters. The van der Waals surface area contributed by atoms with Crippen molar-refractivity contribution in [3.05, 3.63) is 36.8 Å². The fraction of sp³-hybridized carbons (Fsp3) is 0. The average Bonchev–Trinajstić information content (AvgIpc) is 2.72. The van der Waals surface area contributed by atoms with E-state index in [0.29, 0.717) is 0 Å². The minimum absolute atomic E-state index is 0.251. The highest BCUT2D eigenvalue weighted by Gasteiger charge is 2.07. The fourth-order valence-corrected chi connectivity index (χ4v) is 1.55. The Labute approximate surface area is 90.8 Å². The van der Waals surface area contributed by atoms with E-state index >= 15 is 0 Å². The molecule has 2 N–H and O–H groups in total. The van der Waals surface area contributed by atoms with Crippen LogP contribution in [0.4, 0.5) is 5.95 Å². The van der Waals surface area contributed by atoms with Crippen LogP contribution in [0.15, 0.2) is 36.8 Å². The summed E-state index contributed by atoms with van der Waals surface area (Å²) in [5.41, 5.74) is 8.07. The molecule has 6 nitrogen and oxygen atoms in total. The second-order valence-corrected chi connectivity index (χ2v) is 3.26. The lowest BCUT2D eigenvalue weighted by atomic mass is 10.2. The molecule has 3 rings (SSSR count). The number of nitrogens with two attached hydrogens (primary N) is 1. The molecule has 0 aliphatic heterocycles. The van der Waals surface area contributed by atoms with Gasteiger partial charge in [-0.1, -0.05) is 0 Å². The highest BCUT2D eigenvalue weighted by Crippen LogP contribution is 2.21. The number of rotatable bonds is 1. The van der Waals surface area contributed by atoms with Crippen LogP contribution in [0.1, 0.15) is 0 Å². The molecular weight excluding hydrogens is 204 g/mol. The third-order valence-corrected chi connectivity index (χ3v) is 2.25. The molecule has 0 radical (unpaired) electrons. The summed E-state index contributed by atoms with van der Waals surface area (Å²) in [6.45, 7) is 0. The van der Waals surface area contributed by atoms with Crippen LogP contribution in [0.2, 0.25) is 0 Å². The van der Waals surface area contributed by atoms with Gasteiger partial charge in [0.1, 0.15) is 0 Å². The molecule has 0 amide bonds. The smallest absolute Gasteiger partial charge is 0.220 e. The minimum Gasteiger partial charge on any atom is -0.368 e. The third-order valence-electron chi connectivity index (χ3n) is 2.25. The first-order valence-corrected chi connectivity index (χ1v) is 4.72. The molecule has 0 aliphatic rings. The van der Waals surface area contributed by atoms with Gasteiger partial charge in [0, 0.05) is 18.0 Å². The second-order valence-electron chi connectivity index (χ2n) is 3.26. The van der Waals surface area contributed by atoms with Crippen molar-refractivity contribution in [2.24, 2.45) is 0 Å². The maximum absolute atomic E-state index is 5.54. The molecule has 0 saturated carbocycles. The van der Waals surface area contributed by atoms with E-state index in [2.05, 4.69) is 20.2 Å². The van der Waals surface area contributed by atoms with Gasteiger partial charge in [-0.15, -0.1) is 0 Å². The molecule has 0 saturated heterocycles. The minimum atomic E-state index is 0.251. The van der Waals surface area contributed by atoms with Crippen LogP contribution < -0.4 is 5.73 Å². The molecule has 0 bridgehead atoms. The van der Waals surface area contributed by atoms with Gasteiger partial charge in [0.2, 0.25) is 5.95 Å². The standard InChI is InChI=1S/C10H8N6/c11-10-12-5-3-8(15-10)7-6-14-16-9(7)2-1-4-13-16/h1-6H,(H2,11,12,15). The Kier molecular flexibility index (Phi) is 1.79. The van der Waals surface area contributed by atoms with Gasteiger partial charge < -0.3 is 5.73 Å². The summed E-state index contributed by atoms with van der Waals surface area (Å²) < 4.78 is 1.55. The summed E-state index contributed by atoms with van der Waals surface area (Å²) >= 11 is 0. The zero-order valence-electron chi connectivity index (χ0n) is 8.28. The monoisotopic (exact) mass is 212 g/mol. The summed E-state index contributed by atoms with van der Waals surface area (Å²) in [6, 6.07) is 5.57. The van der Waals surface area contributed by atoms with E-state index in [4.69, 9.17) is 5.73 Å². The number of nitrogens with zero attached hydrogens (tertiary/aromatic N) is 5. The first-order valence-electron chi connectivity index (χ1n) is 4.72. The number of anilines is 1. The van der Waals surface area contributed by atoms with E-state index in [1.165, 1.54) is 0 Å². The first-order chi connectivity index (χ1) is 7.84. The van der Waals surface area contributed by atoms with Crippen LogP contribution in [0.5, 0.6) is 0 Å². The molecule has 6 heteroatoms. The van der Waals surface area contributed by atoms with Gasteiger partial charge in [-0.05, 0) is 18.2 Å². The third kappa shape index (κ3) is 1.28. The molecular formula is C10H8N6. The van der Waals surface area contributed by atoms with Crippen molar-refractivity contribution in [1.82, 2.24) is 24.8 Å². The van der Waals surface area contributed by atoms with Crippen LogP contribution in [0.3, 0.4) is 0 Å². The molecule has 0 atom stereocenters. The first kappa shape index (κ1) is 8.78. The van der Waals surface area contributed by atoms with Crippen molar-refractivity contribution in [2.75, 3.05) is 5.73 Å². The van der Waals surface area contributed by atoms with Crippen molar-refractivity contribution in [3.8, 4) is 11.3 Å². The number of hydrogen-bond donors (Lipinski definition) is 1. The lowest BCUT2D eigenvalue weighted by Crippen LogP contribution is -1.95. The highest BCUT2D eigenvalue weighted by molar-refractivity contribution is 5.77. The van der Waals surface area contributed by atoms with Gasteiger partial charge in [-0.2, -0.15) is 14.8 Å². The lowest BCUT2D eigenvalue weighted by Gasteiger charge is -1.98. The van der Waals surface area contributed by atoms with Gasteiger partial charge in [-0.25, -0.2) is 9.97 Å². The average molecular weight is 212 g/mol. The Morgan fingerprint density at radius 3 is 2.94 bits per heavy atom. The van der Waals surface area contributed by atoms with E-state index in [1.807, 2.05) is 12.1 Å². The zero-order valence-corrected chi connectivity index (χ0v) is 8.28. The Bertz CT molecular complexity index is 644. The Morgan fingerprint density at radius 2 is 2.06 bits per heavy atom. The Morgan fingerprint density at radius 1 is 1.12 bits per heavy atom.